The summed E-state index contributed by atoms with van der Waals surface area (Å²) in [5, 5.41) is 0.368. The summed E-state index contributed by atoms with van der Waals surface area (Å²) in [5.41, 5.74) is 0.619. The number of ether oxygens (including phenoxy) is 2. The van der Waals surface area contributed by atoms with E-state index >= 15 is 0 Å². The van der Waals surface area contributed by atoms with Gasteiger partial charge in [-0.3, -0.25) is 9.20 Å². The van der Waals surface area contributed by atoms with E-state index in [1.54, 1.807) is 30.6 Å². The lowest BCUT2D eigenvalue weighted by atomic mass is 10.3. The molecule has 0 spiro atoms. The van der Waals surface area contributed by atoms with Crippen LogP contribution in [0, 0.1) is 0 Å². The lowest BCUT2D eigenvalue weighted by Gasteiger charge is -2.09. The van der Waals surface area contributed by atoms with E-state index < -0.39 is 0 Å². The molecule has 0 aliphatic rings. The molecule has 5 aromatic rings. The molecule has 0 aliphatic heterocycles. The first-order valence-corrected chi connectivity index (χ1v) is 9.04. The molecule has 0 saturated carbocycles. The van der Waals surface area contributed by atoms with Crippen LogP contribution in [0.3, 0.4) is 0 Å². The maximum Gasteiger partial charge on any atom is 0.267 e. The number of nitrogens with zero attached hydrogens (tertiary/aromatic N) is 3. The van der Waals surface area contributed by atoms with Gasteiger partial charge in [-0.15, -0.1) is 0 Å². The van der Waals surface area contributed by atoms with Crippen LogP contribution in [-0.2, 0) is 0 Å². The first-order chi connectivity index (χ1) is 14.3. The quantitative estimate of drug-likeness (QED) is 0.417. The van der Waals surface area contributed by atoms with Crippen molar-refractivity contribution in [2.75, 3.05) is 0 Å². The zero-order chi connectivity index (χ0) is 19.6. The topological polar surface area (TPSA) is 65.7 Å². The zero-order valence-electron chi connectivity index (χ0n) is 15.2. The second-order valence-electron chi connectivity index (χ2n) is 6.38. The van der Waals surface area contributed by atoms with Gasteiger partial charge in [0.2, 0.25) is 0 Å². The van der Waals surface area contributed by atoms with Crippen LogP contribution in [0.5, 0.6) is 23.0 Å². The van der Waals surface area contributed by atoms with Gasteiger partial charge in [0.25, 0.3) is 5.56 Å². The Morgan fingerprint density at radius 1 is 0.724 bits per heavy atom. The molecule has 5 rings (SSSR count). The Balaban J connectivity index is 1.57. The molecule has 0 N–H and O–H groups in total. The molecule has 3 heterocycles. The standard InChI is InChI=1S/C23H15N3O3/c27-23-20-13-19(29-17-9-5-2-6-10-17)14-24-22(20)25-21-12-11-18(15-26(21)23)28-16-7-3-1-4-8-16/h1-15H. The van der Waals surface area contributed by atoms with E-state index in [0.717, 1.165) is 0 Å². The molecule has 0 aliphatic carbocycles. The molecule has 0 saturated heterocycles. The average Bonchev–Trinajstić information content (AvgIpc) is 2.76. The number of pyridine rings is 2. The van der Waals surface area contributed by atoms with E-state index in [2.05, 4.69) is 9.97 Å². The fraction of sp³-hybridized carbons (Fsp3) is 0. The summed E-state index contributed by atoms with van der Waals surface area (Å²) in [6.07, 6.45) is 3.19. The molecule has 0 atom stereocenters. The van der Waals surface area contributed by atoms with Crippen LogP contribution in [0.15, 0.2) is 96.1 Å². The first kappa shape index (κ1) is 16.9. The van der Waals surface area contributed by atoms with Gasteiger partial charge in [-0.2, -0.15) is 0 Å². The Morgan fingerprint density at radius 2 is 1.38 bits per heavy atom. The second kappa shape index (κ2) is 7.09. The van der Waals surface area contributed by atoms with Gasteiger partial charge in [0.15, 0.2) is 5.65 Å². The molecule has 6 nitrogen and oxygen atoms in total. The third kappa shape index (κ3) is 3.39. The lowest BCUT2D eigenvalue weighted by molar-refractivity contribution is 0.479. The second-order valence-corrected chi connectivity index (χ2v) is 6.38. The summed E-state index contributed by atoms with van der Waals surface area (Å²) in [6, 6.07) is 23.9. The molecule has 0 unspecified atom stereocenters. The Kier molecular flexibility index (Phi) is 4.14. The van der Waals surface area contributed by atoms with Crippen LogP contribution in [0.2, 0.25) is 0 Å². The minimum Gasteiger partial charge on any atom is -0.456 e. The van der Waals surface area contributed by atoms with E-state index in [9.17, 15) is 4.79 Å². The smallest absolute Gasteiger partial charge is 0.267 e. The molecule has 29 heavy (non-hydrogen) atoms. The van der Waals surface area contributed by atoms with Crippen LogP contribution >= 0.6 is 0 Å². The molecule has 0 amide bonds. The number of hydrogen-bond donors (Lipinski definition) is 0. The number of aromatic nitrogens is 3. The molecule has 0 bridgehead atoms. The molecule has 2 aromatic carbocycles. The highest BCUT2D eigenvalue weighted by molar-refractivity contribution is 5.77. The molecule has 140 valence electrons. The zero-order valence-corrected chi connectivity index (χ0v) is 15.2. The van der Waals surface area contributed by atoms with Crippen molar-refractivity contribution in [3.8, 4) is 23.0 Å². The van der Waals surface area contributed by atoms with Gasteiger partial charge in [-0.05, 0) is 42.5 Å². The van der Waals surface area contributed by atoms with E-state index in [-0.39, 0.29) is 5.56 Å². The normalized spacial score (nSPS) is 10.9. The van der Waals surface area contributed by atoms with E-state index in [1.165, 1.54) is 4.40 Å². The van der Waals surface area contributed by atoms with Gasteiger partial charge in [0, 0.05) is 0 Å². The molecule has 0 radical (unpaired) electrons. The van der Waals surface area contributed by atoms with Crippen molar-refractivity contribution in [1.29, 1.82) is 0 Å². The van der Waals surface area contributed by atoms with Crippen LogP contribution in [0.25, 0.3) is 16.7 Å². The summed E-state index contributed by atoms with van der Waals surface area (Å²) >= 11 is 0. The van der Waals surface area contributed by atoms with Gasteiger partial charge in [0.1, 0.15) is 28.6 Å². The summed E-state index contributed by atoms with van der Waals surface area (Å²) < 4.78 is 13.1. The van der Waals surface area contributed by atoms with Crippen molar-refractivity contribution >= 4 is 16.7 Å². The van der Waals surface area contributed by atoms with Crippen molar-refractivity contribution in [2.45, 2.75) is 0 Å². The van der Waals surface area contributed by atoms with Crippen LogP contribution in [0.1, 0.15) is 0 Å². The Hall–Kier alpha value is -4.19. The summed E-state index contributed by atoms with van der Waals surface area (Å²) in [6.45, 7) is 0. The Labute approximate surface area is 165 Å². The highest BCUT2D eigenvalue weighted by Gasteiger charge is 2.10. The minimum absolute atomic E-state index is 0.241. The van der Waals surface area contributed by atoms with Crippen molar-refractivity contribution in [1.82, 2.24) is 14.4 Å². The maximum absolute atomic E-state index is 13.1. The van der Waals surface area contributed by atoms with Gasteiger partial charge in [-0.25, -0.2) is 9.97 Å². The third-order valence-corrected chi connectivity index (χ3v) is 4.37. The molecule has 0 fully saturated rings. The van der Waals surface area contributed by atoms with Crippen molar-refractivity contribution in [3.05, 3.63) is 102 Å². The summed E-state index contributed by atoms with van der Waals surface area (Å²) in [7, 11) is 0. The van der Waals surface area contributed by atoms with E-state index in [4.69, 9.17) is 9.47 Å². The monoisotopic (exact) mass is 381 g/mol. The number of para-hydroxylation sites is 2. The fourth-order valence-electron chi connectivity index (χ4n) is 3.02. The van der Waals surface area contributed by atoms with Crippen molar-refractivity contribution in [3.63, 3.8) is 0 Å². The number of hydrogen-bond acceptors (Lipinski definition) is 5. The largest absolute Gasteiger partial charge is 0.456 e. The summed E-state index contributed by atoms with van der Waals surface area (Å²) in [5.74, 6) is 2.37. The van der Waals surface area contributed by atoms with E-state index in [0.29, 0.717) is 39.7 Å². The number of fused-ring (bicyclic) bond motifs is 2. The Bertz CT molecular complexity index is 1260. The fourth-order valence-corrected chi connectivity index (χ4v) is 3.02. The highest BCUT2D eigenvalue weighted by atomic mass is 16.5. The van der Waals surface area contributed by atoms with Gasteiger partial charge in [0.05, 0.1) is 17.8 Å². The predicted octanol–water partition coefficient (Wildman–Crippen LogP) is 4.83. The van der Waals surface area contributed by atoms with Crippen molar-refractivity contribution < 1.29 is 9.47 Å². The molecular weight excluding hydrogens is 366 g/mol. The summed E-state index contributed by atoms with van der Waals surface area (Å²) in [4.78, 5) is 21.8. The molecular formula is C23H15N3O3. The SMILES string of the molecule is O=c1c2cc(Oc3ccccc3)cnc2nc2ccc(Oc3ccccc3)cn12. The molecule has 6 heteroatoms. The number of benzene rings is 2. The maximum atomic E-state index is 13.1. The van der Waals surface area contributed by atoms with Crippen LogP contribution < -0.4 is 15.0 Å². The lowest BCUT2D eigenvalue weighted by Crippen LogP contribution is -2.15. The average molecular weight is 381 g/mol. The first-order valence-electron chi connectivity index (χ1n) is 9.04. The van der Waals surface area contributed by atoms with E-state index in [1.807, 2.05) is 60.7 Å². The van der Waals surface area contributed by atoms with Crippen LogP contribution in [0.4, 0.5) is 0 Å². The van der Waals surface area contributed by atoms with Gasteiger partial charge in [-0.1, -0.05) is 36.4 Å². The van der Waals surface area contributed by atoms with Gasteiger partial charge < -0.3 is 9.47 Å². The highest BCUT2D eigenvalue weighted by Crippen LogP contribution is 2.24. The predicted molar refractivity (Wildman–Crippen MR) is 110 cm³/mol. The third-order valence-electron chi connectivity index (χ3n) is 4.37. The minimum atomic E-state index is -0.241. The number of rotatable bonds is 4. The van der Waals surface area contributed by atoms with Crippen LogP contribution in [-0.4, -0.2) is 14.4 Å². The van der Waals surface area contributed by atoms with Gasteiger partial charge >= 0.3 is 0 Å². The Morgan fingerprint density at radius 3 is 2.07 bits per heavy atom. The molecule has 3 aromatic heterocycles. The van der Waals surface area contributed by atoms with Crippen molar-refractivity contribution in [2.24, 2.45) is 0 Å².